The Kier molecular flexibility index (Phi) is 10.8. The van der Waals surface area contributed by atoms with Gasteiger partial charge in [-0.2, -0.15) is 0 Å². The Labute approximate surface area is 228 Å². The summed E-state index contributed by atoms with van der Waals surface area (Å²) in [4.78, 5) is 28.2. The number of hydrogen-bond donors (Lipinski definition) is 1. The number of carbonyl (C=O) groups excluding carboxylic acids is 2. The highest BCUT2D eigenvalue weighted by Gasteiger charge is 2.23. The van der Waals surface area contributed by atoms with E-state index in [2.05, 4.69) is 4.98 Å². The van der Waals surface area contributed by atoms with E-state index < -0.39 is 24.3 Å². The third kappa shape index (κ3) is 8.22. The first-order valence-corrected chi connectivity index (χ1v) is 12.8. The van der Waals surface area contributed by atoms with Gasteiger partial charge in [-0.15, -0.1) is 0 Å². The number of Topliss-reactive ketones (excluding diaryl/α,β-unsaturated/α-hetero) is 1. The van der Waals surface area contributed by atoms with Crippen LogP contribution in [0.15, 0.2) is 60.8 Å². The van der Waals surface area contributed by atoms with E-state index in [1.807, 2.05) is 38.1 Å². The normalized spacial score (nSPS) is 12.0. The Morgan fingerprint density at radius 1 is 1.13 bits per heavy atom. The number of pyridine rings is 1. The topological polar surface area (TPSA) is 95.0 Å². The molecule has 0 aliphatic rings. The average molecular weight is 536 g/mol. The lowest BCUT2D eigenvalue weighted by molar-refractivity contribution is -0.145. The Morgan fingerprint density at radius 2 is 1.87 bits per heavy atom. The fourth-order valence-corrected chi connectivity index (χ4v) is 4.11. The molecule has 1 aromatic heterocycles. The first kappa shape index (κ1) is 29.5. The number of esters is 1. The summed E-state index contributed by atoms with van der Waals surface area (Å²) in [6, 6.07) is 13.4. The molecule has 0 aliphatic heterocycles. The van der Waals surface area contributed by atoms with Gasteiger partial charge in [0, 0.05) is 18.2 Å². The van der Waals surface area contributed by atoms with Crippen molar-refractivity contribution in [2.75, 3.05) is 13.7 Å². The van der Waals surface area contributed by atoms with Gasteiger partial charge in [0.2, 0.25) is 0 Å². The van der Waals surface area contributed by atoms with Crippen LogP contribution in [0.2, 0.25) is 0 Å². The number of nitrogens with zero attached hydrogens (tertiary/aromatic N) is 1. The Bertz CT molecular complexity index is 1290. The molecular weight excluding hydrogens is 501 g/mol. The Hall–Kier alpha value is -4.04. The molecule has 0 saturated carbocycles. The highest BCUT2D eigenvalue weighted by atomic mass is 19.1. The molecule has 1 N–H and O–H groups in total. The highest BCUT2D eigenvalue weighted by molar-refractivity contribution is 5.96. The van der Waals surface area contributed by atoms with Crippen LogP contribution < -0.4 is 9.47 Å². The average Bonchev–Trinajstić information content (AvgIpc) is 2.91. The number of halogens is 1. The van der Waals surface area contributed by atoms with E-state index in [0.717, 1.165) is 11.1 Å². The molecule has 3 aromatic rings. The molecule has 0 amide bonds. The van der Waals surface area contributed by atoms with Crippen molar-refractivity contribution in [1.82, 2.24) is 4.98 Å². The molecule has 7 nitrogen and oxygen atoms in total. The van der Waals surface area contributed by atoms with Gasteiger partial charge in [-0.3, -0.25) is 14.6 Å². The van der Waals surface area contributed by atoms with Crippen LogP contribution in [0.3, 0.4) is 0 Å². The van der Waals surface area contributed by atoms with Crippen LogP contribution in [0.1, 0.15) is 56.4 Å². The van der Waals surface area contributed by atoms with E-state index in [0.29, 0.717) is 28.3 Å². The maximum atomic E-state index is 13.9. The second kappa shape index (κ2) is 14.2. The zero-order chi connectivity index (χ0) is 28.4. The van der Waals surface area contributed by atoms with Gasteiger partial charge in [-0.05, 0) is 59.9 Å². The lowest BCUT2D eigenvalue weighted by Crippen LogP contribution is -2.16. The Balaban J connectivity index is 2.07. The van der Waals surface area contributed by atoms with Crippen LogP contribution in [-0.4, -0.2) is 41.7 Å². The minimum Gasteiger partial charge on any atom is -0.493 e. The van der Waals surface area contributed by atoms with Crippen LogP contribution in [-0.2, 0) is 20.9 Å². The minimum atomic E-state index is -1.13. The molecule has 206 valence electrons. The van der Waals surface area contributed by atoms with E-state index >= 15 is 0 Å². The number of aromatic nitrogens is 1. The van der Waals surface area contributed by atoms with Gasteiger partial charge in [0.15, 0.2) is 11.5 Å². The van der Waals surface area contributed by atoms with E-state index in [-0.39, 0.29) is 31.4 Å². The van der Waals surface area contributed by atoms with Gasteiger partial charge in [-0.1, -0.05) is 44.2 Å². The largest absolute Gasteiger partial charge is 0.493 e. The summed E-state index contributed by atoms with van der Waals surface area (Å²) in [6.45, 7) is 6.05. The summed E-state index contributed by atoms with van der Waals surface area (Å²) in [6.07, 6.45) is 3.14. The zero-order valence-electron chi connectivity index (χ0n) is 22.6. The van der Waals surface area contributed by atoms with Crippen LogP contribution in [0.5, 0.6) is 11.5 Å². The summed E-state index contributed by atoms with van der Waals surface area (Å²) < 4.78 is 30.7. The molecule has 39 heavy (non-hydrogen) atoms. The molecule has 1 atom stereocenters. The number of benzene rings is 2. The molecule has 1 heterocycles. The van der Waals surface area contributed by atoms with Crippen LogP contribution in [0, 0.1) is 5.82 Å². The van der Waals surface area contributed by atoms with Crippen molar-refractivity contribution in [1.29, 1.82) is 0 Å². The lowest BCUT2D eigenvalue weighted by atomic mass is 9.88. The fourth-order valence-electron chi connectivity index (χ4n) is 4.11. The highest BCUT2D eigenvalue weighted by Crippen LogP contribution is 2.45. The fraction of sp³-hybridized carbons (Fsp3) is 0.323. The van der Waals surface area contributed by atoms with Crippen molar-refractivity contribution in [3.8, 4) is 22.6 Å². The molecule has 3 rings (SSSR count). The smallest absolute Gasteiger partial charge is 0.313 e. The number of rotatable bonds is 13. The summed E-state index contributed by atoms with van der Waals surface area (Å²) in [5.41, 5.74) is 3.67. The number of carbonyl (C=O) groups is 2. The van der Waals surface area contributed by atoms with Crippen LogP contribution in [0.4, 0.5) is 4.39 Å². The predicted octanol–water partition coefficient (Wildman–Crippen LogP) is 5.89. The van der Waals surface area contributed by atoms with Crippen molar-refractivity contribution >= 4 is 17.8 Å². The number of hydrogen-bond acceptors (Lipinski definition) is 7. The quantitative estimate of drug-likeness (QED) is 0.216. The molecule has 0 radical (unpaired) electrons. The van der Waals surface area contributed by atoms with Gasteiger partial charge >= 0.3 is 5.97 Å². The standard InChI is InChI=1S/C31H34FNO6/c1-5-38-29(36)17-25(35)16-24(34)13-14-26-27(20(2)3)18-28(37-4)31(39-19-23-8-6-7-15-33-23)30(26)21-9-11-22(32)12-10-21/h6-15,18,20,24,34H,5,16-17,19H2,1-4H3/b14-13+. The molecule has 8 heteroatoms. The van der Waals surface area contributed by atoms with E-state index in [1.54, 1.807) is 38.4 Å². The van der Waals surface area contributed by atoms with Crippen molar-refractivity contribution in [2.45, 2.75) is 52.2 Å². The minimum absolute atomic E-state index is 0.0465. The Morgan fingerprint density at radius 3 is 2.49 bits per heavy atom. The number of ketones is 1. The van der Waals surface area contributed by atoms with Gasteiger partial charge in [0.1, 0.15) is 24.6 Å². The SMILES string of the molecule is CCOC(=O)CC(=O)CC(O)/C=C/c1c(C(C)C)cc(OC)c(OCc2ccccn2)c1-c1ccc(F)cc1. The van der Waals surface area contributed by atoms with E-state index in [1.165, 1.54) is 18.2 Å². The molecule has 0 saturated heterocycles. The van der Waals surface area contributed by atoms with Crippen LogP contribution >= 0.6 is 0 Å². The number of methoxy groups -OCH3 is 1. The second-order valence-electron chi connectivity index (χ2n) is 9.21. The van der Waals surface area contributed by atoms with Crippen LogP contribution in [0.25, 0.3) is 17.2 Å². The summed E-state index contributed by atoms with van der Waals surface area (Å²) in [5, 5.41) is 10.6. The first-order chi connectivity index (χ1) is 18.7. The van der Waals surface area contributed by atoms with Gasteiger partial charge in [-0.25, -0.2) is 4.39 Å². The third-order valence-electron chi connectivity index (χ3n) is 5.95. The monoisotopic (exact) mass is 535 g/mol. The first-order valence-electron chi connectivity index (χ1n) is 12.8. The molecule has 0 aliphatic carbocycles. The number of aliphatic hydroxyl groups excluding tert-OH is 1. The maximum absolute atomic E-state index is 13.9. The number of ether oxygens (including phenoxy) is 3. The van der Waals surface area contributed by atoms with Crippen molar-refractivity contribution in [3.63, 3.8) is 0 Å². The van der Waals surface area contributed by atoms with Gasteiger partial charge < -0.3 is 19.3 Å². The second-order valence-corrected chi connectivity index (χ2v) is 9.21. The number of aliphatic hydroxyl groups is 1. The lowest BCUT2D eigenvalue weighted by Gasteiger charge is -2.22. The predicted molar refractivity (Wildman–Crippen MR) is 147 cm³/mol. The molecule has 0 fully saturated rings. The maximum Gasteiger partial charge on any atom is 0.313 e. The molecule has 0 spiro atoms. The summed E-state index contributed by atoms with van der Waals surface area (Å²) in [5.74, 6) is -0.450. The van der Waals surface area contributed by atoms with E-state index in [9.17, 15) is 19.1 Å². The van der Waals surface area contributed by atoms with E-state index in [4.69, 9.17) is 14.2 Å². The van der Waals surface area contributed by atoms with Crippen molar-refractivity contribution < 1.29 is 33.3 Å². The van der Waals surface area contributed by atoms with Gasteiger partial charge in [0.25, 0.3) is 0 Å². The molecular formula is C31H34FNO6. The third-order valence-corrected chi connectivity index (χ3v) is 5.95. The zero-order valence-corrected chi connectivity index (χ0v) is 22.6. The van der Waals surface area contributed by atoms with Gasteiger partial charge in [0.05, 0.1) is 25.5 Å². The molecule has 1 unspecified atom stereocenters. The van der Waals surface area contributed by atoms with Crippen molar-refractivity contribution in [2.24, 2.45) is 0 Å². The molecule has 0 bridgehead atoms. The molecule has 2 aromatic carbocycles. The summed E-state index contributed by atoms with van der Waals surface area (Å²) >= 11 is 0. The summed E-state index contributed by atoms with van der Waals surface area (Å²) in [7, 11) is 1.55. The van der Waals surface area contributed by atoms with Crippen molar-refractivity contribution in [3.05, 3.63) is 83.4 Å².